The van der Waals surface area contributed by atoms with Gasteiger partial charge in [0.05, 0.1) is 0 Å². The highest BCUT2D eigenvalue weighted by Gasteiger charge is 2.27. The average molecular weight is 371 g/mol. The molecular weight excluding hydrogens is 345 g/mol. The summed E-state index contributed by atoms with van der Waals surface area (Å²) in [6.45, 7) is 1.66. The van der Waals surface area contributed by atoms with E-state index in [9.17, 15) is 9.18 Å². The molecular formula is C21H26FN3O2. The normalized spacial score (nSPS) is 18.9. The van der Waals surface area contributed by atoms with Crippen LogP contribution in [0.1, 0.15) is 50.8 Å². The van der Waals surface area contributed by atoms with Gasteiger partial charge in [-0.2, -0.15) is 4.98 Å². The van der Waals surface area contributed by atoms with Crippen LogP contribution in [0.3, 0.4) is 0 Å². The van der Waals surface area contributed by atoms with E-state index in [1.807, 2.05) is 4.90 Å². The molecule has 2 aromatic rings. The van der Waals surface area contributed by atoms with Gasteiger partial charge in [-0.05, 0) is 61.8 Å². The third kappa shape index (κ3) is 4.54. The molecule has 1 aliphatic carbocycles. The number of rotatable bonds is 5. The molecule has 1 aliphatic heterocycles. The molecule has 2 heterocycles. The molecule has 1 saturated heterocycles. The third-order valence-electron chi connectivity index (χ3n) is 5.94. The lowest BCUT2D eigenvalue weighted by Gasteiger charge is -2.32. The first kappa shape index (κ1) is 18.1. The van der Waals surface area contributed by atoms with Crippen molar-refractivity contribution < 1.29 is 13.7 Å². The molecule has 0 radical (unpaired) electrons. The van der Waals surface area contributed by atoms with Crippen LogP contribution in [0.2, 0.25) is 0 Å². The highest BCUT2D eigenvalue weighted by atomic mass is 19.1. The first-order chi connectivity index (χ1) is 13.2. The molecule has 0 spiro atoms. The van der Waals surface area contributed by atoms with Gasteiger partial charge in [-0.15, -0.1) is 0 Å². The lowest BCUT2D eigenvalue weighted by Crippen LogP contribution is -2.39. The van der Waals surface area contributed by atoms with Crippen molar-refractivity contribution in [2.45, 2.75) is 51.4 Å². The number of halogens is 1. The number of nitrogens with zero attached hydrogens (tertiary/aromatic N) is 3. The summed E-state index contributed by atoms with van der Waals surface area (Å²) in [4.78, 5) is 18.9. The van der Waals surface area contributed by atoms with Gasteiger partial charge in [0.2, 0.25) is 17.6 Å². The summed E-state index contributed by atoms with van der Waals surface area (Å²) >= 11 is 0. The zero-order valence-corrected chi connectivity index (χ0v) is 15.6. The largest absolute Gasteiger partial charge is 0.343 e. The molecule has 0 N–H and O–H groups in total. The van der Waals surface area contributed by atoms with Gasteiger partial charge in [0.1, 0.15) is 5.82 Å². The van der Waals surface area contributed by atoms with Crippen molar-refractivity contribution >= 4 is 5.91 Å². The SMILES string of the molecule is O=C(CC1CCCC1)N1CCC(Cc2nc(-c3ccc(F)cc3)no2)CC1. The second-order valence-electron chi connectivity index (χ2n) is 7.90. The second-order valence-corrected chi connectivity index (χ2v) is 7.90. The van der Waals surface area contributed by atoms with Crippen molar-refractivity contribution in [3.8, 4) is 11.4 Å². The fraction of sp³-hybridized carbons (Fsp3) is 0.571. The summed E-state index contributed by atoms with van der Waals surface area (Å²) in [5.41, 5.74) is 0.749. The quantitative estimate of drug-likeness (QED) is 0.789. The Morgan fingerprint density at radius 2 is 1.78 bits per heavy atom. The van der Waals surface area contributed by atoms with E-state index in [4.69, 9.17) is 4.52 Å². The molecule has 27 heavy (non-hydrogen) atoms. The number of likely N-dealkylation sites (tertiary alicyclic amines) is 1. The van der Waals surface area contributed by atoms with Crippen LogP contribution >= 0.6 is 0 Å². The van der Waals surface area contributed by atoms with Crippen LogP contribution in [0.25, 0.3) is 11.4 Å². The standard InChI is InChI=1S/C21H26FN3O2/c22-18-7-5-17(6-8-18)21-23-19(27-24-21)13-16-9-11-25(12-10-16)20(26)14-15-3-1-2-4-15/h5-8,15-16H,1-4,9-14H2. The Hall–Kier alpha value is -2.24. The fourth-order valence-corrected chi connectivity index (χ4v) is 4.28. The van der Waals surface area contributed by atoms with Crippen molar-refractivity contribution in [2.24, 2.45) is 11.8 Å². The first-order valence-corrected chi connectivity index (χ1v) is 10.0. The second kappa shape index (κ2) is 8.19. The van der Waals surface area contributed by atoms with Crippen molar-refractivity contribution in [2.75, 3.05) is 13.1 Å². The summed E-state index contributed by atoms with van der Waals surface area (Å²) in [5, 5.41) is 4.01. The Kier molecular flexibility index (Phi) is 5.50. The van der Waals surface area contributed by atoms with Crippen LogP contribution in [0.15, 0.2) is 28.8 Å². The van der Waals surface area contributed by atoms with Gasteiger partial charge in [0.15, 0.2) is 0 Å². The number of hydrogen-bond donors (Lipinski definition) is 0. The molecule has 1 aromatic carbocycles. The molecule has 1 saturated carbocycles. The molecule has 0 bridgehead atoms. The molecule has 0 unspecified atom stereocenters. The summed E-state index contributed by atoms with van der Waals surface area (Å²) in [5.74, 6) is 2.23. The van der Waals surface area contributed by atoms with Gasteiger partial charge in [0, 0.05) is 31.5 Å². The van der Waals surface area contributed by atoms with E-state index in [0.29, 0.717) is 29.5 Å². The van der Waals surface area contributed by atoms with Crippen LogP contribution in [0, 0.1) is 17.7 Å². The zero-order valence-electron chi connectivity index (χ0n) is 15.6. The van der Waals surface area contributed by atoms with Crippen molar-refractivity contribution in [1.29, 1.82) is 0 Å². The number of carbonyl (C=O) groups is 1. The van der Waals surface area contributed by atoms with Gasteiger partial charge >= 0.3 is 0 Å². The highest BCUT2D eigenvalue weighted by molar-refractivity contribution is 5.76. The van der Waals surface area contributed by atoms with E-state index in [1.165, 1.54) is 37.8 Å². The molecule has 0 atom stereocenters. The average Bonchev–Trinajstić information content (AvgIpc) is 3.35. The lowest BCUT2D eigenvalue weighted by atomic mass is 9.93. The number of hydrogen-bond acceptors (Lipinski definition) is 4. The molecule has 2 aliphatic rings. The molecule has 1 amide bonds. The topological polar surface area (TPSA) is 59.2 Å². The van der Waals surface area contributed by atoms with Crippen molar-refractivity contribution in [3.63, 3.8) is 0 Å². The maximum Gasteiger partial charge on any atom is 0.227 e. The van der Waals surface area contributed by atoms with E-state index in [0.717, 1.165) is 44.3 Å². The Morgan fingerprint density at radius 1 is 1.07 bits per heavy atom. The summed E-state index contributed by atoms with van der Waals surface area (Å²) < 4.78 is 18.4. The Morgan fingerprint density at radius 3 is 2.48 bits per heavy atom. The first-order valence-electron chi connectivity index (χ1n) is 10.0. The fourth-order valence-electron chi connectivity index (χ4n) is 4.28. The number of amides is 1. The van der Waals surface area contributed by atoms with Crippen molar-refractivity contribution in [3.05, 3.63) is 36.0 Å². The summed E-state index contributed by atoms with van der Waals surface area (Å²) in [7, 11) is 0. The predicted octanol–water partition coefficient (Wildman–Crippen LogP) is 4.24. The molecule has 144 valence electrons. The van der Waals surface area contributed by atoms with Gasteiger partial charge in [0.25, 0.3) is 0 Å². The highest BCUT2D eigenvalue weighted by Crippen LogP contribution is 2.29. The number of aromatic nitrogens is 2. The molecule has 5 nitrogen and oxygen atoms in total. The van der Waals surface area contributed by atoms with Gasteiger partial charge in [-0.25, -0.2) is 4.39 Å². The van der Waals surface area contributed by atoms with Gasteiger partial charge in [-0.3, -0.25) is 4.79 Å². The molecule has 1 aromatic heterocycles. The Labute approximate surface area is 158 Å². The monoisotopic (exact) mass is 371 g/mol. The maximum absolute atomic E-state index is 13.0. The van der Waals surface area contributed by atoms with Crippen LogP contribution in [-0.2, 0) is 11.2 Å². The molecule has 4 rings (SSSR count). The minimum atomic E-state index is -0.281. The summed E-state index contributed by atoms with van der Waals surface area (Å²) in [6.07, 6.45) is 8.42. The van der Waals surface area contributed by atoms with E-state index in [1.54, 1.807) is 12.1 Å². The van der Waals surface area contributed by atoms with E-state index in [-0.39, 0.29) is 5.82 Å². The van der Waals surface area contributed by atoms with Crippen LogP contribution in [0.4, 0.5) is 4.39 Å². The van der Waals surface area contributed by atoms with Gasteiger partial charge in [-0.1, -0.05) is 18.0 Å². The molecule has 6 heteroatoms. The maximum atomic E-state index is 13.0. The van der Waals surface area contributed by atoms with Crippen LogP contribution < -0.4 is 0 Å². The van der Waals surface area contributed by atoms with E-state index >= 15 is 0 Å². The summed E-state index contributed by atoms with van der Waals surface area (Å²) in [6, 6.07) is 6.09. The Balaban J connectivity index is 1.27. The lowest BCUT2D eigenvalue weighted by molar-refractivity contribution is -0.133. The van der Waals surface area contributed by atoms with Crippen LogP contribution in [0.5, 0.6) is 0 Å². The predicted molar refractivity (Wildman–Crippen MR) is 99.3 cm³/mol. The van der Waals surface area contributed by atoms with Gasteiger partial charge < -0.3 is 9.42 Å². The minimum absolute atomic E-state index is 0.281. The van der Waals surface area contributed by atoms with Crippen molar-refractivity contribution in [1.82, 2.24) is 15.0 Å². The number of carbonyl (C=O) groups excluding carboxylic acids is 1. The minimum Gasteiger partial charge on any atom is -0.343 e. The van der Waals surface area contributed by atoms with E-state index < -0.39 is 0 Å². The number of piperidine rings is 1. The zero-order chi connectivity index (χ0) is 18.6. The van der Waals surface area contributed by atoms with E-state index in [2.05, 4.69) is 10.1 Å². The molecule has 2 fully saturated rings. The Bertz CT molecular complexity index is 760. The third-order valence-corrected chi connectivity index (χ3v) is 5.94. The number of benzene rings is 1. The smallest absolute Gasteiger partial charge is 0.227 e. The van der Waals surface area contributed by atoms with Crippen LogP contribution in [-0.4, -0.2) is 34.0 Å².